The highest BCUT2D eigenvalue weighted by molar-refractivity contribution is 7.80. The first-order valence-electron chi connectivity index (χ1n) is 5.66. The molecule has 0 aliphatic carbocycles. The lowest BCUT2D eigenvalue weighted by Crippen LogP contribution is -2.08. The van der Waals surface area contributed by atoms with E-state index in [4.69, 9.17) is 22.7 Å². The van der Waals surface area contributed by atoms with E-state index in [2.05, 4.69) is 6.07 Å². The summed E-state index contributed by atoms with van der Waals surface area (Å²) < 4.78 is 5.25. The number of thiocarbonyl (C=S) groups is 1. The molecular weight excluding hydrogens is 242 g/mol. The van der Waals surface area contributed by atoms with Crippen molar-refractivity contribution in [3.8, 4) is 16.9 Å². The highest BCUT2D eigenvalue weighted by atomic mass is 32.1. The van der Waals surface area contributed by atoms with Crippen LogP contribution in [-0.2, 0) is 0 Å². The molecular formula is C15H15NOS. The van der Waals surface area contributed by atoms with E-state index < -0.39 is 0 Å². The van der Waals surface area contributed by atoms with Gasteiger partial charge < -0.3 is 10.5 Å². The topological polar surface area (TPSA) is 35.2 Å². The Morgan fingerprint density at radius 3 is 2.17 bits per heavy atom. The lowest BCUT2D eigenvalue weighted by molar-refractivity contribution is 0.412. The second kappa shape index (κ2) is 5.19. The van der Waals surface area contributed by atoms with Crippen LogP contribution >= 0.6 is 12.2 Å². The average Bonchev–Trinajstić information content (AvgIpc) is 2.38. The zero-order valence-electron chi connectivity index (χ0n) is 10.4. The first-order valence-corrected chi connectivity index (χ1v) is 6.07. The van der Waals surface area contributed by atoms with E-state index in [1.54, 1.807) is 7.11 Å². The molecule has 2 aromatic rings. The minimum Gasteiger partial charge on any atom is -0.496 e. The van der Waals surface area contributed by atoms with Gasteiger partial charge in [-0.2, -0.15) is 0 Å². The molecule has 0 unspecified atom stereocenters. The van der Waals surface area contributed by atoms with Gasteiger partial charge in [-0.1, -0.05) is 42.5 Å². The first-order chi connectivity index (χ1) is 8.61. The quantitative estimate of drug-likeness (QED) is 0.857. The molecule has 92 valence electrons. The number of ether oxygens (including phenoxy) is 1. The highest BCUT2D eigenvalue weighted by Gasteiger charge is 2.03. The fraction of sp³-hybridized carbons (Fsp3) is 0.133. The molecule has 0 bridgehead atoms. The Morgan fingerprint density at radius 2 is 1.67 bits per heavy atom. The van der Waals surface area contributed by atoms with Crippen molar-refractivity contribution in [2.45, 2.75) is 6.92 Å². The molecule has 0 spiro atoms. The van der Waals surface area contributed by atoms with Gasteiger partial charge in [-0.15, -0.1) is 0 Å². The zero-order valence-corrected chi connectivity index (χ0v) is 11.3. The molecule has 18 heavy (non-hydrogen) atoms. The third kappa shape index (κ3) is 2.51. The van der Waals surface area contributed by atoms with Crippen LogP contribution in [0.5, 0.6) is 5.75 Å². The van der Waals surface area contributed by atoms with Crippen LogP contribution in [0.25, 0.3) is 11.1 Å². The van der Waals surface area contributed by atoms with Gasteiger partial charge in [0.1, 0.15) is 10.7 Å². The van der Waals surface area contributed by atoms with Crippen molar-refractivity contribution in [1.82, 2.24) is 0 Å². The molecule has 0 saturated carbocycles. The predicted octanol–water partition coefficient (Wildman–Crippen LogP) is 3.30. The molecule has 3 heteroatoms. The SMILES string of the molecule is COc1ccc(-c2ccc(C(N)=S)cc2)cc1C. The molecule has 0 radical (unpaired) electrons. The molecule has 0 heterocycles. The molecule has 2 aromatic carbocycles. The van der Waals surface area contributed by atoms with E-state index >= 15 is 0 Å². The third-order valence-corrected chi connectivity index (χ3v) is 3.13. The van der Waals surface area contributed by atoms with E-state index in [0.29, 0.717) is 4.99 Å². The summed E-state index contributed by atoms with van der Waals surface area (Å²) in [4.78, 5) is 0.424. The van der Waals surface area contributed by atoms with Crippen molar-refractivity contribution < 1.29 is 4.74 Å². The van der Waals surface area contributed by atoms with Gasteiger partial charge in [-0.3, -0.25) is 0 Å². The largest absolute Gasteiger partial charge is 0.496 e. The van der Waals surface area contributed by atoms with Gasteiger partial charge in [0.2, 0.25) is 0 Å². The molecule has 2 nitrogen and oxygen atoms in total. The van der Waals surface area contributed by atoms with Gasteiger partial charge >= 0.3 is 0 Å². The Morgan fingerprint density at radius 1 is 1.06 bits per heavy atom. The van der Waals surface area contributed by atoms with E-state index in [-0.39, 0.29) is 0 Å². The van der Waals surface area contributed by atoms with E-state index in [9.17, 15) is 0 Å². The Labute approximate surface area is 112 Å². The highest BCUT2D eigenvalue weighted by Crippen LogP contribution is 2.26. The lowest BCUT2D eigenvalue weighted by atomic mass is 10.0. The van der Waals surface area contributed by atoms with Crippen LogP contribution in [0, 0.1) is 6.92 Å². The van der Waals surface area contributed by atoms with Crippen molar-refractivity contribution in [2.75, 3.05) is 7.11 Å². The summed E-state index contributed by atoms with van der Waals surface area (Å²) >= 11 is 4.94. The fourth-order valence-electron chi connectivity index (χ4n) is 1.88. The number of benzene rings is 2. The average molecular weight is 257 g/mol. The number of aryl methyl sites for hydroxylation is 1. The Bertz CT molecular complexity index is 576. The standard InChI is InChI=1S/C15H15NOS/c1-10-9-13(7-8-14(10)17-2)11-3-5-12(6-4-11)15(16)18/h3-9H,1-2H3,(H2,16,18). The molecule has 0 atom stereocenters. The summed E-state index contributed by atoms with van der Waals surface area (Å²) in [6, 6.07) is 14.1. The predicted molar refractivity (Wildman–Crippen MR) is 79.1 cm³/mol. The van der Waals surface area contributed by atoms with Gasteiger partial charge in [0.15, 0.2) is 0 Å². The second-order valence-corrected chi connectivity index (χ2v) is 4.57. The molecule has 2 N–H and O–H groups in total. The zero-order chi connectivity index (χ0) is 13.1. The normalized spacial score (nSPS) is 10.1. The van der Waals surface area contributed by atoms with E-state index in [1.807, 2.05) is 43.3 Å². The molecule has 0 amide bonds. The molecule has 0 saturated heterocycles. The smallest absolute Gasteiger partial charge is 0.121 e. The monoisotopic (exact) mass is 257 g/mol. The number of rotatable bonds is 3. The van der Waals surface area contributed by atoms with Crippen molar-refractivity contribution in [2.24, 2.45) is 5.73 Å². The molecule has 0 aromatic heterocycles. The van der Waals surface area contributed by atoms with Gasteiger partial charge in [-0.25, -0.2) is 0 Å². The molecule has 0 fully saturated rings. The van der Waals surface area contributed by atoms with Crippen molar-refractivity contribution in [3.05, 3.63) is 53.6 Å². The van der Waals surface area contributed by atoms with Crippen LogP contribution in [0.1, 0.15) is 11.1 Å². The van der Waals surface area contributed by atoms with Crippen LogP contribution < -0.4 is 10.5 Å². The number of hydrogen-bond acceptors (Lipinski definition) is 2. The van der Waals surface area contributed by atoms with Crippen molar-refractivity contribution in [3.63, 3.8) is 0 Å². The first kappa shape index (κ1) is 12.6. The Balaban J connectivity index is 2.36. The summed E-state index contributed by atoms with van der Waals surface area (Å²) in [6.45, 7) is 2.03. The van der Waals surface area contributed by atoms with Crippen LogP contribution in [0.15, 0.2) is 42.5 Å². The van der Waals surface area contributed by atoms with Gasteiger partial charge in [0, 0.05) is 5.56 Å². The van der Waals surface area contributed by atoms with Gasteiger partial charge in [0.25, 0.3) is 0 Å². The van der Waals surface area contributed by atoms with Crippen LogP contribution in [0.3, 0.4) is 0 Å². The summed E-state index contributed by atoms with van der Waals surface area (Å²) in [6.07, 6.45) is 0. The van der Waals surface area contributed by atoms with Crippen molar-refractivity contribution >= 4 is 17.2 Å². The molecule has 0 aliphatic heterocycles. The van der Waals surface area contributed by atoms with Crippen LogP contribution in [0.2, 0.25) is 0 Å². The second-order valence-electron chi connectivity index (χ2n) is 4.13. The third-order valence-electron chi connectivity index (χ3n) is 2.90. The minimum absolute atomic E-state index is 0.424. The number of hydrogen-bond donors (Lipinski definition) is 1. The molecule has 2 rings (SSSR count). The summed E-state index contributed by atoms with van der Waals surface area (Å²) in [5.74, 6) is 0.901. The van der Waals surface area contributed by atoms with Crippen LogP contribution in [-0.4, -0.2) is 12.1 Å². The summed E-state index contributed by atoms with van der Waals surface area (Å²) in [5.41, 5.74) is 9.88. The van der Waals surface area contributed by atoms with E-state index in [1.165, 1.54) is 0 Å². The van der Waals surface area contributed by atoms with E-state index in [0.717, 1.165) is 28.0 Å². The Kier molecular flexibility index (Phi) is 3.63. The molecule has 0 aliphatic rings. The van der Waals surface area contributed by atoms with Gasteiger partial charge in [0.05, 0.1) is 7.11 Å². The number of methoxy groups -OCH3 is 1. The summed E-state index contributed by atoms with van der Waals surface area (Å²) in [7, 11) is 1.68. The maximum Gasteiger partial charge on any atom is 0.121 e. The lowest BCUT2D eigenvalue weighted by Gasteiger charge is -2.08. The summed E-state index contributed by atoms with van der Waals surface area (Å²) in [5, 5.41) is 0. The van der Waals surface area contributed by atoms with Crippen LogP contribution in [0.4, 0.5) is 0 Å². The minimum atomic E-state index is 0.424. The fourth-order valence-corrected chi connectivity index (χ4v) is 2.02. The number of nitrogens with two attached hydrogens (primary N) is 1. The Hall–Kier alpha value is -1.87. The maximum absolute atomic E-state index is 5.58. The van der Waals surface area contributed by atoms with Crippen molar-refractivity contribution in [1.29, 1.82) is 0 Å². The maximum atomic E-state index is 5.58. The van der Waals surface area contributed by atoms with Gasteiger partial charge in [-0.05, 0) is 35.7 Å².